The highest BCUT2D eigenvalue weighted by Crippen LogP contribution is 2.26. The van der Waals surface area contributed by atoms with Gasteiger partial charge >= 0.3 is 0 Å². The fourth-order valence-corrected chi connectivity index (χ4v) is 2.36. The van der Waals surface area contributed by atoms with E-state index in [1.54, 1.807) is 18.5 Å². The van der Waals surface area contributed by atoms with Crippen LogP contribution in [0.1, 0.15) is 5.56 Å². The van der Waals surface area contributed by atoms with Crippen LogP contribution in [0.15, 0.2) is 67.0 Å². The average molecular weight is 304 g/mol. The van der Waals surface area contributed by atoms with Gasteiger partial charge in [0.15, 0.2) is 0 Å². The third kappa shape index (κ3) is 3.71. The number of nitrogens with one attached hydrogen (secondary N) is 2. The molecule has 2 aromatic carbocycles. The monoisotopic (exact) mass is 304 g/mol. The molecule has 2 N–H and O–H groups in total. The fourth-order valence-electron chi connectivity index (χ4n) is 2.36. The van der Waals surface area contributed by atoms with Crippen molar-refractivity contribution in [1.82, 2.24) is 15.3 Å². The maximum Gasteiger partial charge on any atom is 0.227 e. The minimum absolute atomic E-state index is 0.499. The summed E-state index contributed by atoms with van der Waals surface area (Å²) in [7, 11) is 0. The van der Waals surface area contributed by atoms with Gasteiger partial charge in [-0.25, -0.2) is 9.97 Å². The van der Waals surface area contributed by atoms with Gasteiger partial charge in [0.2, 0.25) is 12.4 Å². The van der Waals surface area contributed by atoms with E-state index >= 15 is 0 Å². The van der Waals surface area contributed by atoms with Crippen molar-refractivity contribution in [3.05, 3.63) is 72.6 Å². The van der Waals surface area contributed by atoms with Crippen molar-refractivity contribution in [1.29, 1.82) is 0 Å². The highest BCUT2D eigenvalue weighted by Gasteiger charge is 2.05. The molecule has 0 atom stereocenters. The summed E-state index contributed by atoms with van der Waals surface area (Å²) in [5.41, 5.74) is 4.12. The lowest BCUT2D eigenvalue weighted by atomic mass is 9.99. The number of carbonyl (C=O) groups excluding carboxylic acids is 1. The van der Waals surface area contributed by atoms with Gasteiger partial charge in [-0.05, 0) is 34.9 Å². The standard InChI is InChI=1S/C18H16N4O/c23-13-19-12-15-5-1-2-8-17(15)14-6-3-7-16(11-14)22-18-20-9-4-10-21-18/h1-11,13H,12H2,(H,19,23)(H,20,21,22). The van der Waals surface area contributed by atoms with E-state index in [-0.39, 0.29) is 0 Å². The van der Waals surface area contributed by atoms with Crippen LogP contribution in [-0.2, 0) is 11.3 Å². The number of carbonyl (C=O) groups is 1. The van der Waals surface area contributed by atoms with E-state index in [2.05, 4.69) is 20.6 Å². The Hall–Kier alpha value is -3.21. The number of nitrogens with zero attached hydrogens (tertiary/aromatic N) is 2. The van der Waals surface area contributed by atoms with Crippen LogP contribution in [0.3, 0.4) is 0 Å². The smallest absolute Gasteiger partial charge is 0.227 e. The lowest BCUT2D eigenvalue weighted by molar-refractivity contribution is -0.109. The van der Waals surface area contributed by atoms with E-state index in [1.807, 2.05) is 48.5 Å². The first kappa shape index (κ1) is 14.7. The van der Waals surface area contributed by atoms with Crippen LogP contribution in [0.4, 0.5) is 11.6 Å². The van der Waals surface area contributed by atoms with Gasteiger partial charge in [-0.15, -0.1) is 0 Å². The largest absolute Gasteiger partial charge is 0.355 e. The number of hydrogen-bond acceptors (Lipinski definition) is 4. The number of hydrogen-bond donors (Lipinski definition) is 2. The molecule has 5 nitrogen and oxygen atoms in total. The summed E-state index contributed by atoms with van der Waals surface area (Å²) in [6, 6.07) is 17.8. The summed E-state index contributed by atoms with van der Waals surface area (Å²) in [6.07, 6.45) is 4.10. The lowest BCUT2D eigenvalue weighted by Crippen LogP contribution is -2.10. The maximum absolute atomic E-state index is 10.5. The predicted molar refractivity (Wildman–Crippen MR) is 90.1 cm³/mol. The second-order valence-electron chi connectivity index (χ2n) is 4.93. The van der Waals surface area contributed by atoms with Crippen molar-refractivity contribution in [2.24, 2.45) is 0 Å². The Kier molecular flexibility index (Phi) is 4.59. The minimum Gasteiger partial charge on any atom is -0.355 e. The predicted octanol–water partition coefficient (Wildman–Crippen LogP) is 3.13. The zero-order valence-electron chi connectivity index (χ0n) is 12.4. The Labute approximate surface area is 134 Å². The second-order valence-corrected chi connectivity index (χ2v) is 4.93. The first-order chi connectivity index (χ1) is 11.4. The Balaban J connectivity index is 1.89. The quantitative estimate of drug-likeness (QED) is 0.687. The zero-order chi connectivity index (χ0) is 15.9. The van der Waals surface area contributed by atoms with Gasteiger partial charge in [0.1, 0.15) is 0 Å². The Morgan fingerprint density at radius 3 is 2.61 bits per heavy atom. The van der Waals surface area contributed by atoms with Gasteiger partial charge in [0, 0.05) is 24.6 Å². The third-order valence-corrected chi connectivity index (χ3v) is 3.39. The normalized spacial score (nSPS) is 10.1. The number of aromatic nitrogens is 2. The van der Waals surface area contributed by atoms with Crippen molar-refractivity contribution in [2.45, 2.75) is 6.54 Å². The highest BCUT2D eigenvalue weighted by atomic mass is 16.1. The molecule has 0 radical (unpaired) electrons. The van der Waals surface area contributed by atoms with Crippen LogP contribution in [0.25, 0.3) is 11.1 Å². The number of benzene rings is 2. The topological polar surface area (TPSA) is 66.9 Å². The first-order valence-electron chi connectivity index (χ1n) is 7.26. The molecule has 0 aliphatic carbocycles. The molecule has 0 saturated heterocycles. The molecular weight excluding hydrogens is 288 g/mol. The first-order valence-corrected chi connectivity index (χ1v) is 7.26. The minimum atomic E-state index is 0.499. The number of amides is 1. The van der Waals surface area contributed by atoms with Gasteiger partial charge < -0.3 is 10.6 Å². The van der Waals surface area contributed by atoms with Crippen LogP contribution in [0.5, 0.6) is 0 Å². The van der Waals surface area contributed by atoms with Crippen LogP contribution in [-0.4, -0.2) is 16.4 Å². The summed E-state index contributed by atoms with van der Waals surface area (Å²) in [5, 5.41) is 5.90. The molecule has 0 bridgehead atoms. The molecule has 3 aromatic rings. The van der Waals surface area contributed by atoms with E-state index in [9.17, 15) is 4.79 Å². The fraction of sp³-hybridized carbons (Fsp3) is 0.0556. The maximum atomic E-state index is 10.5. The molecule has 1 heterocycles. The van der Waals surface area contributed by atoms with Crippen molar-refractivity contribution in [3.63, 3.8) is 0 Å². The second kappa shape index (κ2) is 7.17. The number of anilines is 2. The summed E-state index contributed by atoms with van der Waals surface area (Å²) < 4.78 is 0. The molecule has 0 aliphatic rings. The van der Waals surface area contributed by atoms with E-state index in [1.165, 1.54) is 0 Å². The van der Waals surface area contributed by atoms with Crippen molar-refractivity contribution in [3.8, 4) is 11.1 Å². The molecule has 0 aliphatic heterocycles. The van der Waals surface area contributed by atoms with E-state index in [0.29, 0.717) is 18.9 Å². The molecule has 5 heteroatoms. The Morgan fingerprint density at radius 2 is 1.78 bits per heavy atom. The van der Waals surface area contributed by atoms with Crippen LogP contribution in [0.2, 0.25) is 0 Å². The Bertz CT molecular complexity index is 790. The van der Waals surface area contributed by atoms with Crippen LogP contribution < -0.4 is 10.6 Å². The third-order valence-electron chi connectivity index (χ3n) is 3.39. The van der Waals surface area contributed by atoms with Gasteiger partial charge in [-0.2, -0.15) is 0 Å². The molecule has 114 valence electrons. The lowest BCUT2D eigenvalue weighted by Gasteiger charge is -2.11. The molecule has 1 aromatic heterocycles. The average Bonchev–Trinajstić information content (AvgIpc) is 2.61. The van der Waals surface area contributed by atoms with Crippen molar-refractivity contribution < 1.29 is 4.79 Å². The summed E-state index contributed by atoms with van der Waals surface area (Å²) in [5.74, 6) is 0.556. The molecule has 0 spiro atoms. The van der Waals surface area contributed by atoms with Gasteiger partial charge in [-0.1, -0.05) is 36.4 Å². The molecule has 1 amide bonds. The van der Waals surface area contributed by atoms with E-state index < -0.39 is 0 Å². The SMILES string of the molecule is O=CNCc1ccccc1-c1cccc(Nc2ncccn2)c1. The molecule has 0 fully saturated rings. The highest BCUT2D eigenvalue weighted by molar-refractivity contribution is 5.72. The summed E-state index contributed by atoms with van der Waals surface area (Å²) in [4.78, 5) is 18.9. The molecule has 0 unspecified atom stereocenters. The molecule has 0 saturated carbocycles. The van der Waals surface area contributed by atoms with Crippen molar-refractivity contribution in [2.75, 3.05) is 5.32 Å². The van der Waals surface area contributed by atoms with Gasteiger partial charge in [-0.3, -0.25) is 4.79 Å². The zero-order valence-corrected chi connectivity index (χ0v) is 12.4. The number of rotatable bonds is 6. The summed E-state index contributed by atoms with van der Waals surface area (Å²) >= 11 is 0. The van der Waals surface area contributed by atoms with E-state index in [0.717, 1.165) is 22.4 Å². The van der Waals surface area contributed by atoms with Crippen molar-refractivity contribution >= 4 is 18.0 Å². The molecule has 23 heavy (non-hydrogen) atoms. The molecule has 3 rings (SSSR count). The van der Waals surface area contributed by atoms with Crippen LogP contribution >= 0.6 is 0 Å². The summed E-state index contributed by atoms with van der Waals surface area (Å²) in [6.45, 7) is 0.499. The van der Waals surface area contributed by atoms with Gasteiger partial charge in [0.05, 0.1) is 0 Å². The van der Waals surface area contributed by atoms with Gasteiger partial charge in [0.25, 0.3) is 0 Å². The Morgan fingerprint density at radius 1 is 0.957 bits per heavy atom. The van der Waals surface area contributed by atoms with E-state index in [4.69, 9.17) is 0 Å². The molecular formula is C18H16N4O. The van der Waals surface area contributed by atoms with Crippen LogP contribution in [0, 0.1) is 0 Å².